The van der Waals surface area contributed by atoms with Crippen LogP contribution in [-0.4, -0.2) is 32.1 Å². The highest BCUT2D eigenvalue weighted by atomic mass is 79.9. The predicted octanol–water partition coefficient (Wildman–Crippen LogP) is 3.68. The summed E-state index contributed by atoms with van der Waals surface area (Å²) in [5, 5.41) is 10.3. The fraction of sp³-hybridized carbons (Fsp3) is 0.500. The zero-order valence-corrected chi connectivity index (χ0v) is 17.2. The molecule has 1 aliphatic rings. The summed E-state index contributed by atoms with van der Waals surface area (Å²) < 4.78 is 0.914. The number of pyridine rings is 1. The Morgan fingerprint density at radius 1 is 1.08 bits per heavy atom. The minimum atomic E-state index is 0.0453. The molecule has 8 heteroatoms. The van der Waals surface area contributed by atoms with Crippen molar-refractivity contribution in [2.75, 3.05) is 16.4 Å². The number of nitrogens with two attached hydrogens (primary N) is 1. The summed E-state index contributed by atoms with van der Waals surface area (Å²) in [6.07, 6.45) is 5.20. The molecule has 5 N–H and O–H groups in total. The molecule has 0 aliphatic carbocycles. The summed E-state index contributed by atoms with van der Waals surface area (Å²) in [5.41, 5.74) is 6.89. The van der Waals surface area contributed by atoms with Gasteiger partial charge in [0.15, 0.2) is 11.6 Å². The molecule has 1 aliphatic heterocycles. The van der Waals surface area contributed by atoms with Gasteiger partial charge in [0.1, 0.15) is 17.8 Å². The Bertz CT molecular complexity index is 758. The maximum atomic E-state index is 6.31. The van der Waals surface area contributed by atoms with E-state index >= 15 is 0 Å². The van der Waals surface area contributed by atoms with E-state index < -0.39 is 0 Å². The zero-order chi connectivity index (χ0) is 18.9. The van der Waals surface area contributed by atoms with E-state index in [2.05, 4.69) is 74.5 Å². The second-order valence-electron chi connectivity index (χ2n) is 8.11. The van der Waals surface area contributed by atoms with E-state index in [-0.39, 0.29) is 17.1 Å². The molecule has 0 unspecified atom stereocenters. The molecular weight excluding hydrogens is 394 g/mol. The molecule has 0 bridgehead atoms. The highest BCUT2D eigenvalue weighted by Crippen LogP contribution is 2.32. The van der Waals surface area contributed by atoms with E-state index in [1.54, 1.807) is 6.20 Å². The Labute approximate surface area is 162 Å². The standard InChI is InChI=1S/C18H26BrN7/c1-17(2)7-12(8-18(3,4)26-17)24-15-14(20)16(23-10-22-15)25-13-6-5-11(19)9-21-13/h5-6,9-10,12,26H,7-8,20H2,1-4H3,(H2,21,22,23,24,25). The van der Waals surface area contributed by atoms with E-state index in [1.165, 1.54) is 6.33 Å². The van der Waals surface area contributed by atoms with Crippen LogP contribution in [0.3, 0.4) is 0 Å². The van der Waals surface area contributed by atoms with Crippen molar-refractivity contribution in [2.24, 2.45) is 0 Å². The molecule has 3 heterocycles. The monoisotopic (exact) mass is 419 g/mol. The number of rotatable bonds is 4. The van der Waals surface area contributed by atoms with Gasteiger partial charge in [-0.3, -0.25) is 0 Å². The lowest BCUT2D eigenvalue weighted by Gasteiger charge is -2.46. The minimum Gasteiger partial charge on any atom is -0.393 e. The molecule has 2 aromatic heterocycles. The van der Waals surface area contributed by atoms with Crippen molar-refractivity contribution in [1.29, 1.82) is 0 Å². The maximum Gasteiger partial charge on any atom is 0.160 e. The van der Waals surface area contributed by atoms with Crippen molar-refractivity contribution in [1.82, 2.24) is 20.3 Å². The second kappa shape index (κ2) is 7.00. The normalized spacial score (nSPS) is 19.1. The lowest BCUT2D eigenvalue weighted by molar-refractivity contribution is 0.170. The van der Waals surface area contributed by atoms with Crippen molar-refractivity contribution in [3.8, 4) is 0 Å². The Balaban J connectivity index is 1.77. The number of hydrogen-bond donors (Lipinski definition) is 4. The van der Waals surface area contributed by atoms with E-state index in [1.807, 2.05) is 12.1 Å². The smallest absolute Gasteiger partial charge is 0.160 e. The molecule has 26 heavy (non-hydrogen) atoms. The molecule has 7 nitrogen and oxygen atoms in total. The van der Waals surface area contributed by atoms with Gasteiger partial charge in [0, 0.05) is 27.8 Å². The van der Waals surface area contributed by atoms with Crippen molar-refractivity contribution in [3.05, 3.63) is 29.1 Å². The second-order valence-corrected chi connectivity index (χ2v) is 9.03. The number of hydrogen-bond acceptors (Lipinski definition) is 7. The summed E-state index contributed by atoms with van der Waals surface area (Å²) in [6.45, 7) is 8.88. The first kappa shape index (κ1) is 18.8. The van der Waals surface area contributed by atoms with Crippen LogP contribution in [0.1, 0.15) is 40.5 Å². The molecule has 1 fully saturated rings. The van der Waals surface area contributed by atoms with Crippen LogP contribution in [0.2, 0.25) is 0 Å². The van der Waals surface area contributed by atoms with Crippen molar-refractivity contribution in [2.45, 2.75) is 57.7 Å². The Hall–Kier alpha value is -1.93. The Morgan fingerprint density at radius 3 is 2.35 bits per heavy atom. The van der Waals surface area contributed by atoms with Gasteiger partial charge in [0.2, 0.25) is 0 Å². The number of anilines is 4. The van der Waals surface area contributed by atoms with E-state index in [9.17, 15) is 0 Å². The van der Waals surface area contributed by atoms with Gasteiger partial charge in [-0.25, -0.2) is 15.0 Å². The Kier molecular flexibility index (Phi) is 5.07. The van der Waals surface area contributed by atoms with Gasteiger partial charge in [-0.15, -0.1) is 0 Å². The first-order valence-electron chi connectivity index (χ1n) is 8.68. The molecule has 140 valence electrons. The van der Waals surface area contributed by atoms with Gasteiger partial charge in [-0.2, -0.15) is 0 Å². The van der Waals surface area contributed by atoms with Gasteiger partial charge in [0.05, 0.1) is 0 Å². The quantitative estimate of drug-likeness (QED) is 0.599. The van der Waals surface area contributed by atoms with Crippen LogP contribution in [0.15, 0.2) is 29.1 Å². The predicted molar refractivity (Wildman–Crippen MR) is 110 cm³/mol. The SMILES string of the molecule is CC1(C)CC(Nc2ncnc(Nc3ccc(Br)cn3)c2N)CC(C)(C)N1. The number of piperidine rings is 1. The largest absolute Gasteiger partial charge is 0.393 e. The van der Waals surface area contributed by atoms with Gasteiger partial charge in [-0.05, 0) is 68.6 Å². The van der Waals surface area contributed by atoms with Crippen LogP contribution in [0.4, 0.5) is 23.1 Å². The third-order valence-electron chi connectivity index (χ3n) is 4.39. The molecule has 0 saturated carbocycles. The molecule has 0 atom stereocenters. The summed E-state index contributed by atoms with van der Waals surface area (Å²) in [7, 11) is 0. The maximum absolute atomic E-state index is 6.31. The molecule has 0 radical (unpaired) electrons. The fourth-order valence-electron chi connectivity index (χ4n) is 3.80. The average Bonchev–Trinajstić information content (AvgIpc) is 2.50. The number of nitrogens with one attached hydrogen (secondary N) is 3. The third-order valence-corrected chi connectivity index (χ3v) is 4.86. The van der Waals surface area contributed by atoms with Gasteiger partial charge < -0.3 is 21.7 Å². The van der Waals surface area contributed by atoms with Crippen LogP contribution < -0.4 is 21.7 Å². The average molecular weight is 420 g/mol. The first-order valence-corrected chi connectivity index (χ1v) is 9.48. The lowest BCUT2D eigenvalue weighted by Crippen LogP contribution is -2.60. The molecule has 3 rings (SSSR count). The first-order chi connectivity index (χ1) is 12.1. The van der Waals surface area contributed by atoms with Crippen LogP contribution in [0.5, 0.6) is 0 Å². The van der Waals surface area contributed by atoms with Gasteiger partial charge in [-0.1, -0.05) is 0 Å². The molecule has 0 spiro atoms. The molecule has 0 aromatic carbocycles. The minimum absolute atomic E-state index is 0.0453. The van der Waals surface area contributed by atoms with Crippen LogP contribution >= 0.6 is 15.9 Å². The topological polar surface area (TPSA) is 101 Å². The van der Waals surface area contributed by atoms with Crippen molar-refractivity contribution < 1.29 is 0 Å². The summed E-state index contributed by atoms with van der Waals surface area (Å²) in [4.78, 5) is 12.9. The van der Waals surface area contributed by atoms with E-state index in [4.69, 9.17) is 5.73 Å². The zero-order valence-electron chi connectivity index (χ0n) is 15.6. The summed E-state index contributed by atoms with van der Waals surface area (Å²) in [5.74, 6) is 1.87. The van der Waals surface area contributed by atoms with Gasteiger partial charge in [0.25, 0.3) is 0 Å². The lowest BCUT2D eigenvalue weighted by atomic mass is 9.79. The highest BCUT2D eigenvalue weighted by Gasteiger charge is 2.37. The van der Waals surface area contributed by atoms with E-state index in [0.717, 1.165) is 17.3 Å². The highest BCUT2D eigenvalue weighted by molar-refractivity contribution is 9.10. The van der Waals surface area contributed by atoms with Crippen LogP contribution in [0.25, 0.3) is 0 Å². The van der Waals surface area contributed by atoms with Crippen LogP contribution in [0, 0.1) is 0 Å². The number of nitrogens with zero attached hydrogens (tertiary/aromatic N) is 3. The number of halogens is 1. The third kappa shape index (κ3) is 4.62. The molecular formula is C18H26BrN7. The molecule has 1 saturated heterocycles. The summed E-state index contributed by atoms with van der Waals surface area (Å²) >= 11 is 3.37. The Morgan fingerprint density at radius 2 is 1.73 bits per heavy atom. The summed E-state index contributed by atoms with van der Waals surface area (Å²) in [6, 6.07) is 4.04. The number of nitrogen functional groups attached to an aromatic ring is 1. The molecule has 0 amide bonds. The van der Waals surface area contributed by atoms with Crippen molar-refractivity contribution >= 4 is 39.1 Å². The fourth-order valence-corrected chi connectivity index (χ4v) is 4.03. The molecule has 2 aromatic rings. The van der Waals surface area contributed by atoms with Gasteiger partial charge >= 0.3 is 0 Å². The van der Waals surface area contributed by atoms with E-state index in [0.29, 0.717) is 23.1 Å². The number of aromatic nitrogens is 3. The van der Waals surface area contributed by atoms with Crippen LogP contribution in [-0.2, 0) is 0 Å². The van der Waals surface area contributed by atoms with Crippen molar-refractivity contribution in [3.63, 3.8) is 0 Å².